The summed E-state index contributed by atoms with van der Waals surface area (Å²) in [4.78, 5) is 12.1. The minimum Gasteiger partial charge on any atom is -0.490 e. The lowest BCUT2D eigenvalue weighted by molar-refractivity contribution is -0.132. The number of alkyl halides is 2. The summed E-state index contributed by atoms with van der Waals surface area (Å²) in [6.07, 6.45) is 0.647. The monoisotopic (exact) mass is 344 g/mol. The SMILES string of the molecule is CCOc1cccc(CNC(=O)[C@@H]2CC[C@H](CN)O2)c1OC(F)F. The summed E-state index contributed by atoms with van der Waals surface area (Å²) in [5.41, 5.74) is 5.92. The van der Waals surface area contributed by atoms with E-state index in [2.05, 4.69) is 10.1 Å². The van der Waals surface area contributed by atoms with E-state index in [0.717, 1.165) is 6.42 Å². The van der Waals surface area contributed by atoms with Crippen LogP contribution in [-0.2, 0) is 16.1 Å². The average molecular weight is 344 g/mol. The molecule has 1 aliphatic heterocycles. The molecule has 8 heteroatoms. The topological polar surface area (TPSA) is 82.8 Å². The first-order chi connectivity index (χ1) is 11.5. The normalized spacial score (nSPS) is 20.2. The van der Waals surface area contributed by atoms with Gasteiger partial charge in [0.25, 0.3) is 0 Å². The second-order valence-electron chi connectivity index (χ2n) is 5.33. The van der Waals surface area contributed by atoms with E-state index in [9.17, 15) is 13.6 Å². The van der Waals surface area contributed by atoms with Crippen molar-refractivity contribution in [2.75, 3.05) is 13.2 Å². The highest BCUT2D eigenvalue weighted by atomic mass is 19.3. The zero-order valence-electron chi connectivity index (χ0n) is 13.5. The Balaban J connectivity index is 2.03. The Kier molecular flexibility index (Phi) is 6.74. The van der Waals surface area contributed by atoms with Crippen LogP contribution in [0.25, 0.3) is 0 Å². The van der Waals surface area contributed by atoms with Crippen molar-refractivity contribution >= 4 is 5.91 Å². The highest BCUT2D eigenvalue weighted by Gasteiger charge is 2.29. The van der Waals surface area contributed by atoms with Crippen molar-refractivity contribution in [3.63, 3.8) is 0 Å². The lowest BCUT2D eigenvalue weighted by atomic mass is 10.1. The summed E-state index contributed by atoms with van der Waals surface area (Å²) in [7, 11) is 0. The number of rotatable bonds is 8. The number of amides is 1. The van der Waals surface area contributed by atoms with Crippen LogP contribution < -0.4 is 20.5 Å². The van der Waals surface area contributed by atoms with Crippen LogP contribution in [0.3, 0.4) is 0 Å². The molecule has 2 atom stereocenters. The number of para-hydroxylation sites is 1. The summed E-state index contributed by atoms with van der Waals surface area (Å²) in [5.74, 6) is -0.151. The minimum atomic E-state index is -2.98. The largest absolute Gasteiger partial charge is 0.490 e. The Morgan fingerprint density at radius 1 is 1.46 bits per heavy atom. The molecular weight excluding hydrogens is 322 g/mol. The molecule has 0 saturated carbocycles. The van der Waals surface area contributed by atoms with Crippen LogP contribution in [0, 0.1) is 0 Å². The van der Waals surface area contributed by atoms with Gasteiger partial charge in [-0.3, -0.25) is 4.79 Å². The van der Waals surface area contributed by atoms with Crippen molar-refractivity contribution in [2.24, 2.45) is 5.73 Å². The summed E-state index contributed by atoms with van der Waals surface area (Å²) in [6.45, 7) is -0.524. The van der Waals surface area contributed by atoms with Gasteiger partial charge in [0.2, 0.25) is 5.91 Å². The molecule has 1 aromatic carbocycles. The number of nitrogens with one attached hydrogen (secondary N) is 1. The third kappa shape index (κ3) is 4.78. The average Bonchev–Trinajstić information content (AvgIpc) is 3.04. The summed E-state index contributed by atoms with van der Waals surface area (Å²) >= 11 is 0. The fourth-order valence-electron chi connectivity index (χ4n) is 2.56. The van der Waals surface area contributed by atoms with E-state index in [0.29, 0.717) is 25.1 Å². The number of nitrogens with two attached hydrogens (primary N) is 1. The highest BCUT2D eigenvalue weighted by Crippen LogP contribution is 2.32. The quantitative estimate of drug-likeness (QED) is 0.751. The molecule has 3 N–H and O–H groups in total. The first-order valence-corrected chi connectivity index (χ1v) is 7.87. The maximum Gasteiger partial charge on any atom is 0.387 e. The van der Waals surface area contributed by atoms with Gasteiger partial charge in [-0.05, 0) is 25.8 Å². The van der Waals surface area contributed by atoms with Gasteiger partial charge in [-0.2, -0.15) is 8.78 Å². The third-order valence-electron chi connectivity index (χ3n) is 3.68. The van der Waals surface area contributed by atoms with Gasteiger partial charge >= 0.3 is 6.61 Å². The predicted octanol–water partition coefficient (Wildman–Crippen LogP) is 1.81. The van der Waals surface area contributed by atoms with Crippen molar-refractivity contribution in [1.29, 1.82) is 0 Å². The smallest absolute Gasteiger partial charge is 0.387 e. The number of carbonyl (C=O) groups excluding carboxylic acids is 1. The van der Waals surface area contributed by atoms with Crippen LogP contribution in [0.1, 0.15) is 25.3 Å². The Morgan fingerprint density at radius 2 is 2.25 bits per heavy atom. The van der Waals surface area contributed by atoms with Crippen molar-refractivity contribution in [2.45, 2.75) is 45.1 Å². The molecule has 1 amide bonds. The second-order valence-corrected chi connectivity index (χ2v) is 5.33. The van der Waals surface area contributed by atoms with Crippen LogP contribution in [0.4, 0.5) is 8.78 Å². The zero-order chi connectivity index (χ0) is 17.5. The zero-order valence-corrected chi connectivity index (χ0v) is 13.5. The lowest BCUT2D eigenvalue weighted by Crippen LogP contribution is -2.35. The van der Waals surface area contributed by atoms with Gasteiger partial charge < -0.3 is 25.3 Å². The standard InChI is InChI=1S/C16H22F2N2O4/c1-2-22-12-5-3-4-10(14(12)24-16(17)18)9-20-15(21)13-7-6-11(8-19)23-13/h3-5,11,13,16H,2,6-9,19H2,1H3,(H,20,21)/t11-,13+/m1/s1. The van der Waals surface area contributed by atoms with Gasteiger partial charge in [0.1, 0.15) is 6.10 Å². The van der Waals surface area contributed by atoms with E-state index in [-0.39, 0.29) is 30.1 Å². The van der Waals surface area contributed by atoms with E-state index in [1.165, 1.54) is 0 Å². The maximum absolute atomic E-state index is 12.7. The summed E-state index contributed by atoms with van der Waals surface area (Å²) in [6, 6.07) is 4.79. The number of halogens is 2. The van der Waals surface area contributed by atoms with Crippen LogP contribution in [0.15, 0.2) is 18.2 Å². The number of ether oxygens (including phenoxy) is 3. The molecule has 0 aromatic heterocycles. The van der Waals surface area contributed by atoms with Crippen LogP contribution in [0.2, 0.25) is 0 Å². The van der Waals surface area contributed by atoms with Gasteiger partial charge in [-0.15, -0.1) is 0 Å². The molecule has 0 unspecified atom stereocenters. The summed E-state index contributed by atoms with van der Waals surface area (Å²) in [5, 5.41) is 2.68. The molecule has 0 radical (unpaired) electrons. The van der Waals surface area contributed by atoms with Crippen LogP contribution in [0.5, 0.6) is 11.5 Å². The number of benzene rings is 1. The van der Waals surface area contributed by atoms with Crippen LogP contribution >= 0.6 is 0 Å². The van der Waals surface area contributed by atoms with Gasteiger partial charge in [-0.25, -0.2) is 0 Å². The van der Waals surface area contributed by atoms with E-state index in [1.54, 1.807) is 25.1 Å². The molecule has 1 fully saturated rings. The second kappa shape index (κ2) is 8.79. The molecule has 24 heavy (non-hydrogen) atoms. The Bertz CT molecular complexity index is 557. The highest BCUT2D eigenvalue weighted by molar-refractivity contribution is 5.81. The number of hydrogen-bond donors (Lipinski definition) is 2. The van der Waals surface area contributed by atoms with Gasteiger partial charge in [0.05, 0.1) is 12.7 Å². The van der Waals surface area contributed by atoms with Crippen molar-refractivity contribution in [3.05, 3.63) is 23.8 Å². The van der Waals surface area contributed by atoms with Gasteiger partial charge in [-0.1, -0.05) is 12.1 Å². The van der Waals surface area contributed by atoms with E-state index >= 15 is 0 Å². The van der Waals surface area contributed by atoms with Crippen LogP contribution in [-0.4, -0.2) is 37.9 Å². The molecule has 1 aliphatic rings. The molecule has 0 bridgehead atoms. The first kappa shape index (κ1) is 18.4. The molecule has 1 saturated heterocycles. The number of carbonyl (C=O) groups is 1. The molecular formula is C16H22F2N2O4. The molecule has 0 spiro atoms. The first-order valence-electron chi connectivity index (χ1n) is 7.87. The molecule has 6 nitrogen and oxygen atoms in total. The van der Waals surface area contributed by atoms with Crippen molar-refractivity contribution in [3.8, 4) is 11.5 Å². The molecule has 2 rings (SSSR count). The van der Waals surface area contributed by atoms with E-state index in [1.807, 2.05) is 0 Å². The van der Waals surface area contributed by atoms with Gasteiger partial charge in [0.15, 0.2) is 11.5 Å². The van der Waals surface area contributed by atoms with Crippen molar-refractivity contribution < 1.29 is 27.8 Å². The number of hydrogen-bond acceptors (Lipinski definition) is 5. The lowest BCUT2D eigenvalue weighted by Gasteiger charge is -2.17. The fourth-order valence-corrected chi connectivity index (χ4v) is 2.56. The minimum absolute atomic E-state index is 0.0367. The van der Waals surface area contributed by atoms with E-state index in [4.69, 9.17) is 15.2 Å². The van der Waals surface area contributed by atoms with Crippen molar-refractivity contribution in [1.82, 2.24) is 5.32 Å². The molecule has 134 valence electrons. The fraction of sp³-hybridized carbons (Fsp3) is 0.562. The van der Waals surface area contributed by atoms with E-state index < -0.39 is 12.7 Å². The maximum atomic E-state index is 12.7. The molecule has 0 aliphatic carbocycles. The molecule has 1 aromatic rings. The summed E-state index contributed by atoms with van der Waals surface area (Å²) < 4.78 is 40.7. The van der Waals surface area contributed by atoms with Gasteiger partial charge in [0, 0.05) is 18.7 Å². The Hall–Kier alpha value is -1.93. The Morgan fingerprint density at radius 3 is 2.88 bits per heavy atom. The Labute approximate surface area is 139 Å². The molecule has 1 heterocycles. The predicted molar refractivity (Wildman–Crippen MR) is 83.0 cm³/mol. The third-order valence-corrected chi connectivity index (χ3v) is 3.68.